The lowest BCUT2D eigenvalue weighted by Crippen LogP contribution is -2.09. The third-order valence-electron chi connectivity index (χ3n) is 3.87. The Balaban J connectivity index is 1.90. The van der Waals surface area contributed by atoms with Crippen molar-refractivity contribution in [3.63, 3.8) is 0 Å². The van der Waals surface area contributed by atoms with Gasteiger partial charge in [-0.05, 0) is 35.9 Å². The Morgan fingerprint density at radius 1 is 0.682 bits per heavy atom. The molecule has 0 aromatic heterocycles. The Kier molecular flexibility index (Phi) is 2.69. The third kappa shape index (κ3) is 1.93. The van der Waals surface area contributed by atoms with Gasteiger partial charge in [0.2, 0.25) is 0 Å². The highest BCUT2D eigenvalue weighted by Gasteiger charge is 2.20. The zero-order chi connectivity index (χ0) is 15.1. The zero-order valence-corrected chi connectivity index (χ0v) is 11.9. The van der Waals surface area contributed by atoms with E-state index < -0.39 is 0 Å². The highest BCUT2D eigenvalue weighted by molar-refractivity contribution is 6.02. The van der Waals surface area contributed by atoms with E-state index >= 15 is 0 Å². The van der Waals surface area contributed by atoms with Crippen molar-refractivity contribution in [3.8, 4) is 11.1 Å². The van der Waals surface area contributed by atoms with Crippen LogP contribution < -0.4 is 22.1 Å². The van der Waals surface area contributed by atoms with Gasteiger partial charge in [-0.25, -0.2) is 0 Å². The summed E-state index contributed by atoms with van der Waals surface area (Å²) in [5.74, 6) is 0. The Hall–Kier alpha value is -3.14. The van der Waals surface area contributed by atoms with Crippen LogP contribution in [0.15, 0.2) is 60.7 Å². The second-order valence-corrected chi connectivity index (χ2v) is 5.37. The molecule has 0 amide bonds. The maximum atomic E-state index is 6.23. The minimum atomic E-state index is 0.724. The van der Waals surface area contributed by atoms with E-state index in [0.29, 0.717) is 0 Å². The molecule has 0 bridgehead atoms. The van der Waals surface area contributed by atoms with Crippen molar-refractivity contribution in [1.29, 1.82) is 0 Å². The molecule has 0 saturated carbocycles. The molecular weight excluding hydrogens is 272 g/mol. The smallest absolute Gasteiger partial charge is 0.0724 e. The Labute approximate surface area is 128 Å². The lowest BCUT2D eigenvalue weighted by atomic mass is 9.98. The predicted molar refractivity (Wildman–Crippen MR) is 93.7 cm³/mol. The van der Waals surface area contributed by atoms with Gasteiger partial charge in [0.25, 0.3) is 0 Å². The van der Waals surface area contributed by atoms with Crippen LogP contribution in [0.1, 0.15) is 0 Å². The standard InChI is InChI=1S/C18H16N4/c19-12-6-8-14-16(10-12)22-18-15(21-14)9-7-13(20)17(18)11-4-2-1-3-5-11/h1-10,21-22H,19-20H2. The van der Waals surface area contributed by atoms with Crippen LogP contribution in [0, 0.1) is 0 Å². The predicted octanol–water partition coefficient (Wildman–Crippen LogP) is 4.32. The van der Waals surface area contributed by atoms with Gasteiger partial charge in [0.1, 0.15) is 0 Å². The number of rotatable bonds is 1. The van der Waals surface area contributed by atoms with Gasteiger partial charge in [0.05, 0.1) is 22.7 Å². The SMILES string of the molecule is Nc1ccc2c(c1)Nc1c(ccc(N)c1-c1ccccc1)N2. The molecule has 3 aromatic rings. The quantitative estimate of drug-likeness (QED) is 0.393. The van der Waals surface area contributed by atoms with Crippen molar-refractivity contribution >= 4 is 34.1 Å². The number of benzene rings is 3. The van der Waals surface area contributed by atoms with E-state index in [1.165, 1.54) is 0 Å². The summed E-state index contributed by atoms with van der Waals surface area (Å²) in [6.45, 7) is 0. The number of anilines is 6. The monoisotopic (exact) mass is 288 g/mol. The summed E-state index contributed by atoms with van der Waals surface area (Å²) < 4.78 is 0. The highest BCUT2D eigenvalue weighted by Crippen LogP contribution is 2.46. The van der Waals surface area contributed by atoms with Gasteiger partial charge in [-0.2, -0.15) is 0 Å². The maximum absolute atomic E-state index is 6.23. The van der Waals surface area contributed by atoms with Crippen molar-refractivity contribution < 1.29 is 0 Å². The van der Waals surface area contributed by atoms with Crippen molar-refractivity contribution in [3.05, 3.63) is 60.7 Å². The van der Waals surface area contributed by atoms with Gasteiger partial charge in [-0.15, -0.1) is 0 Å². The summed E-state index contributed by atoms with van der Waals surface area (Å²) in [6, 6.07) is 19.8. The van der Waals surface area contributed by atoms with E-state index in [9.17, 15) is 0 Å². The maximum Gasteiger partial charge on any atom is 0.0724 e. The van der Waals surface area contributed by atoms with E-state index in [1.807, 2.05) is 48.5 Å². The lowest BCUT2D eigenvalue weighted by Gasteiger charge is -2.26. The molecule has 0 saturated heterocycles. The van der Waals surface area contributed by atoms with Crippen LogP contribution in [0.25, 0.3) is 11.1 Å². The summed E-state index contributed by atoms with van der Waals surface area (Å²) in [5, 5.41) is 6.90. The topological polar surface area (TPSA) is 76.1 Å². The molecular formula is C18H16N4. The molecule has 1 heterocycles. The van der Waals surface area contributed by atoms with Crippen LogP contribution in [0.3, 0.4) is 0 Å². The molecule has 4 heteroatoms. The minimum Gasteiger partial charge on any atom is -0.399 e. The molecule has 0 atom stereocenters. The molecule has 4 nitrogen and oxygen atoms in total. The van der Waals surface area contributed by atoms with Crippen molar-refractivity contribution in [2.75, 3.05) is 22.1 Å². The molecule has 1 aliphatic rings. The molecule has 3 aromatic carbocycles. The molecule has 0 aliphatic carbocycles. The fraction of sp³-hybridized carbons (Fsp3) is 0. The summed E-state index contributed by atoms with van der Waals surface area (Å²) >= 11 is 0. The fourth-order valence-electron chi connectivity index (χ4n) is 2.82. The lowest BCUT2D eigenvalue weighted by molar-refractivity contribution is 1.44. The Bertz CT molecular complexity index is 856. The molecule has 22 heavy (non-hydrogen) atoms. The number of nitrogens with one attached hydrogen (secondary N) is 2. The van der Waals surface area contributed by atoms with Crippen LogP contribution in [0.5, 0.6) is 0 Å². The second-order valence-electron chi connectivity index (χ2n) is 5.37. The average Bonchev–Trinajstić information content (AvgIpc) is 2.54. The summed E-state index contributed by atoms with van der Waals surface area (Å²) in [7, 11) is 0. The first-order valence-corrected chi connectivity index (χ1v) is 7.14. The molecule has 0 spiro atoms. The molecule has 6 N–H and O–H groups in total. The van der Waals surface area contributed by atoms with Gasteiger partial charge in [-0.3, -0.25) is 0 Å². The van der Waals surface area contributed by atoms with Gasteiger partial charge in [0.15, 0.2) is 0 Å². The van der Waals surface area contributed by atoms with Crippen LogP contribution in [0.4, 0.5) is 34.1 Å². The van der Waals surface area contributed by atoms with Crippen molar-refractivity contribution in [2.24, 2.45) is 0 Å². The first-order chi connectivity index (χ1) is 10.7. The van der Waals surface area contributed by atoms with E-state index in [-0.39, 0.29) is 0 Å². The molecule has 0 radical (unpaired) electrons. The summed E-state index contributed by atoms with van der Waals surface area (Å²) in [6.07, 6.45) is 0. The summed E-state index contributed by atoms with van der Waals surface area (Å²) in [5.41, 5.74) is 19.6. The molecule has 1 aliphatic heterocycles. The summed E-state index contributed by atoms with van der Waals surface area (Å²) in [4.78, 5) is 0. The van der Waals surface area contributed by atoms with Crippen LogP contribution in [-0.2, 0) is 0 Å². The van der Waals surface area contributed by atoms with E-state index in [0.717, 1.165) is 45.3 Å². The average molecular weight is 288 g/mol. The highest BCUT2D eigenvalue weighted by atomic mass is 15.0. The first kappa shape index (κ1) is 12.6. The van der Waals surface area contributed by atoms with E-state index in [2.05, 4.69) is 22.8 Å². The Morgan fingerprint density at radius 2 is 1.45 bits per heavy atom. The van der Waals surface area contributed by atoms with Gasteiger partial charge < -0.3 is 22.1 Å². The van der Waals surface area contributed by atoms with E-state index in [4.69, 9.17) is 11.5 Å². The van der Waals surface area contributed by atoms with Crippen LogP contribution >= 0.6 is 0 Å². The molecule has 108 valence electrons. The number of fused-ring (bicyclic) bond motifs is 2. The van der Waals surface area contributed by atoms with Gasteiger partial charge >= 0.3 is 0 Å². The fourth-order valence-corrected chi connectivity index (χ4v) is 2.82. The zero-order valence-electron chi connectivity index (χ0n) is 11.9. The van der Waals surface area contributed by atoms with Crippen LogP contribution in [-0.4, -0.2) is 0 Å². The second kappa shape index (κ2) is 4.70. The number of nitrogens with two attached hydrogens (primary N) is 2. The molecule has 0 fully saturated rings. The van der Waals surface area contributed by atoms with Crippen LogP contribution in [0.2, 0.25) is 0 Å². The normalized spacial score (nSPS) is 11.8. The largest absolute Gasteiger partial charge is 0.399 e. The number of nitrogen functional groups attached to an aromatic ring is 2. The van der Waals surface area contributed by atoms with Gasteiger partial charge in [0, 0.05) is 16.9 Å². The van der Waals surface area contributed by atoms with Crippen molar-refractivity contribution in [2.45, 2.75) is 0 Å². The molecule has 0 unspecified atom stereocenters. The van der Waals surface area contributed by atoms with Crippen molar-refractivity contribution in [1.82, 2.24) is 0 Å². The first-order valence-electron chi connectivity index (χ1n) is 7.14. The van der Waals surface area contributed by atoms with Gasteiger partial charge in [-0.1, -0.05) is 30.3 Å². The third-order valence-corrected chi connectivity index (χ3v) is 3.87. The number of hydrogen-bond donors (Lipinski definition) is 4. The minimum absolute atomic E-state index is 0.724. The number of hydrogen-bond acceptors (Lipinski definition) is 4. The Morgan fingerprint density at radius 3 is 2.27 bits per heavy atom. The van der Waals surface area contributed by atoms with E-state index in [1.54, 1.807) is 0 Å². The molecule has 4 rings (SSSR count).